The quantitative estimate of drug-likeness (QED) is 0.508. The Morgan fingerprint density at radius 1 is 0.903 bits per heavy atom. The van der Waals surface area contributed by atoms with Gasteiger partial charge in [0, 0.05) is 44.0 Å². The van der Waals surface area contributed by atoms with Crippen LogP contribution in [0.15, 0.2) is 77.4 Å². The minimum atomic E-state index is -0.147. The van der Waals surface area contributed by atoms with E-state index in [9.17, 15) is 4.79 Å². The Morgan fingerprint density at radius 2 is 1.71 bits per heavy atom. The van der Waals surface area contributed by atoms with Gasteiger partial charge in [-0.15, -0.1) is 0 Å². The third-order valence-corrected chi connectivity index (χ3v) is 5.63. The van der Waals surface area contributed by atoms with Gasteiger partial charge in [0.05, 0.1) is 25.0 Å². The first-order valence-corrected chi connectivity index (χ1v) is 10.6. The molecule has 1 fully saturated rings. The molecule has 6 heteroatoms. The predicted molar refractivity (Wildman–Crippen MR) is 120 cm³/mol. The Morgan fingerprint density at radius 3 is 2.55 bits per heavy atom. The SMILES string of the molecule is O=C(Nc1cccc(CN2CCOCC2)c1)c1cc2occc2n1Cc1ccccc1. The highest BCUT2D eigenvalue weighted by Crippen LogP contribution is 2.24. The largest absolute Gasteiger partial charge is 0.463 e. The number of morpholine rings is 1. The second-order valence-corrected chi connectivity index (χ2v) is 7.81. The van der Waals surface area contributed by atoms with Gasteiger partial charge in [0.15, 0.2) is 5.58 Å². The molecule has 31 heavy (non-hydrogen) atoms. The molecule has 5 rings (SSSR count). The molecule has 1 N–H and O–H groups in total. The van der Waals surface area contributed by atoms with E-state index in [0.29, 0.717) is 17.8 Å². The van der Waals surface area contributed by atoms with Crippen LogP contribution in [0.5, 0.6) is 0 Å². The summed E-state index contributed by atoms with van der Waals surface area (Å²) in [5.74, 6) is -0.147. The molecule has 0 saturated carbocycles. The fourth-order valence-corrected chi connectivity index (χ4v) is 4.06. The lowest BCUT2D eigenvalue weighted by Gasteiger charge is -2.26. The molecule has 2 aromatic heterocycles. The van der Waals surface area contributed by atoms with Crippen molar-refractivity contribution in [3.63, 3.8) is 0 Å². The Bertz CT molecular complexity index is 1170. The fourth-order valence-electron chi connectivity index (χ4n) is 4.06. The first-order chi connectivity index (χ1) is 15.3. The number of hydrogen-bond acceptors (Lipinski definition) is 4. The Labute approximate surface area is 181 Å². The number of rotatable bonds is 6. The zero-order valence-electron chi connectivity index (χ0n) is 17.3. The minimum Gasteiger partial charge on any atom is -0.463 e. The van der Waals surface area contributed by atoms with Gasteiger partial charge in [-0.3, -0.25) is 9.69 Å². The Kier molecular flexibility index (Phi) is 5.56. The second-order valence-electron chi connectivity index (χ2n) is 7.81. The van der Waals surface area contributed by atoms with Crippen LogP contribution in [0.2, 0.25) is 0 Å². The number of carbonyl (C=O) groups excluding carboxylic acids is 1. The minimum absolute atomic E-state index is 0.147. The van der Waals surface area contributed by atoms with E-state index in [1.807, 2.05) is 53.1 Å². The summed E-state index contributed by atoms with van der Waals surface area (Å²) in [6.45, 7) is 4.87. The van der Waals surface area contributed by atoms with Crippen LogP contribution in [-0.2, 0) is 17.8 Å². The molecule has 1 saturated heterocycles. The predicted octanol–water partition coefficient (Wildman–Crippen LogP) is 4.37. The van der Waals surface area contributed by atoms with Crippen LogP contribution >= 0.6 is 0 Å². The van der Waals surface area contributed by atoms with Crippen molar-refractivity contribution in [3.8, 4) is 0 Å². The van der Waals surface area contributed by atoms with E-state index in [2.05, 4.69) is 28.4 Å². The third kappa shape index (κ3) is 4.40. The molecule has 1 aliphatic heterocycles. The number of hydrogen-bond donors (Lipinski definition) is 1. The third-order valence-electron chi connectivity index (χ3n) is 5.63. The smallest absolute Gasteiger partial charge is 0.272 e. The first-order valence-electron chi connectivity index (χ1n) is 10.6. The lowest BCUT2D eigenvalue weighted by Crippen LogP contribution is -2.35. The van der Waals surface area contributed by atoms with Crippen molar-refractivity contribution in [2.24, 2.45) is 0 Å². The Hall–Kier alpha value is -3.35. The van der Waals surface area contributed by atoms with Gasteiger partial charge in [0.1, 0.15) is 5.69 Å². The average molecular weight is 415 g/mol. The molecule has 1 amide bonds. The molecule has 0 unspecified atom stereocenters. The number of nitrogens with one attached hydrogen (secondary N) is 1. The van der Waals surface area contributed by atoms with E-state index < -0.39 is 0 Å². The average Bonchev–Trinajstić information content (AvgIpc) is 3.38. The van der Waals surface area contributed by atoms with Crippen molar-refractivity contribution < 1.29 is 13.9 Å². The van der Waals surface area contributed by atoms with Crippen molar-refractivity contribution in [3.05, 3.63) is 89.8 Å². The summed E-state index contributed by atoms with van der Waals surface area (Å²) in [4.78, 5) is 15.6. The van der Waals surface area contributed by atoms with E-state index >= 15 is 0 Å². The van der Waals surface area contributed by atoms with Crippen molar-refractivity contribution in [2.75, 3.05) is 31.6 Å². The number of nitrogens with zero attached hydrogens (tertiary/aromatic N) is 2. The molecule has 6 nitrogen and oxygen atoms in total. The van der Waals surface area contributed by atoms with Crippen molar-refractivity contribution in [1.29, 1.82) is 0 Å². The van der Waals surface area contributed by atoms with Crippen molar-refractivity contribution in [1.82, 2.24) is 9.47 Å². The maximum absolute atomic E-state index is 13.2. The van der Waals surface area contributed by atoms with Gasteiger partial charge in [-0.1, -0.05) is 42.5 Å². The monoisotopic (exact) mass is 415 g/mol. The zero-order chi connectivity index (χ0) is 21.0. The van der Waals surface area contributed by atoms with E-state index in [1.54, 1.807) is 6.26 Å². The molecule has 0 spiro atoms. The van der Waals surface area contributed by atoms with Gasteiger partial charge in [-0.2, -0.15) is 0 Å². The van der Waals surface area contributed by atoms with Gasteiger partial charge in [-0.25, -0.2) is 0 Å². The van der Waals surface area contributed by atoms with E-state index in [0.717, 1.165) is 49.6 Å². The first kappa shape index (κ1) is 19.6. The van der Waals surface area contributed by atoms with Crippen molar-refractivity contribution >= 4 is 22.7 Å². The van der Waals surface area contributed by atoms with Crippen LogP contribution < -0.4 is 5.32 Å². The molecule has 0 atom stereocenters. The molecule has 1 aliphatic rings. The summed E-state index contributed by atoms with van der Waals surface area (Å²) in [6.07, 6.45) is 1.66. The number of carbonyl (C=O) groups is 1. The Balaban J connectivity index is 1.36. The fraction of sp³-hybridized carbons (Fsp3) is 0.240. The van der Waals surface area contributed by atoms with Gasteiger partial charge >= 0.3 is 0 Å². The van der Waals surface area contributed by atoms with Crippen LogP contribution in [0.3, 0.4) is 0 Å². The van der Waals surface area contributed by atoms with E-state index in [1.165, 1.54) is 5.56 Å². The molecule has 158 valence electrons. The molecular weight excluding hydrogens is 390 g/mol. The van der Waals surface area contributed by atoms with Gasteiger partial charge in [0.25, 0.3) is 5.91 Å². The number of anilines is 1. The highest BCUT2D eigenvalue weighted by atomic mass is 16.5. The lowest BCUT2D eigenvalue weighted by molar-refractivity contribution is 0.0342. The van der Waals surface area contributed by atoms with Crippen LogP contribution in [0.1, 0.15) is 21.6 Å². The number of amides is 1. The number of aromatic nitrogens is 1. The van der Waals surface area contributed by atoms with Crippen LogP contribution in [0.4, 0.5) is 5.69 Å². The topological polar surface area (TPSA) is 59.6 Å². The summed E-state index contributed by atoms with van der Waals surface area (Å²) in [7, 11) is 0. The molecular formula is C25H25N3O3. The van der Waals surface area contributed by atoms with Gasteiger partial charge in [-0.05, 0) is 23.3 Å². The number of benzene rings is 2. The maximum Gasteiger partial charge on any atom is 0.272 e. The molecule has 4 aromatic rings. The molecule has 0 bridgehead atoms. The number of ether oxygens (including phenoxy) is 1. The number of furan rings is 1. The highest BCUT2D eigenvalue weighted by Gasteiger charge is 2.18. The van der Waals surface area contributed by atoms with E-state index in [4.69, 9.17) is 9.15 Å². The normalized spacial score (nSPS) is 14.7. The molecule has 3 heterocycles. The standard InChI is InChI=1S/C25H25N3O3/c29-25(26-21-8-4-7-20(15-21)17-27-10-13-30-14-11-27)23-16-24-22(9-12-31-24)28(23)18-19-5-2-1-3-6-19/h1-9,12,15-16H,10-11,13-14,17-18H2,(H,26,29). The highest BCUT2D eigenvalue weighted by molar-refractivity contribution is 6.05. The summed E-state index contributed by atoms with van der Waals surface area (Å²) in [5, 5.41) is 3.07. The van der Waals surface area contributed by atoms with Crippen LogP contribution in [0, 0.1) is 0 Å². The summed E-state index contributed by atoms with van der Waals surface area (Å²) in [6, 6.07) is 21.9. The maximum atomic E-state index is 13.2. The van der Waals surface area contributed by atoms with Crippen LogP contribution in [0.25, 0.3) is 11.1 Å². The zero-order valence-corrected chi connectivity index (χ0v) is 17.3. The molecule has 2 aromatic carbocycles. The summed E-state index contributed by atoms with van der Waals surface area (Å²) >= 11 is 0. The van der Waals surface area contributed by atoms with Gasteiger partial charge in [0.2, 0.25) is 0 Å². The summed E-state index contributed by atoms with van der Waals surface area (Å²) < 4.78 is 13.0. The van der Waals surface area contributed by atoms with Crippen molar-refractivity contribution in [2.45, 2.75) is 13.1 Å². The second kappa shape index (κ2) is 8.79. The number of fused-ring (bicyclic) bond motifs is 1. The summed E-state index contributed by atoms with van der Waals surface area (Å²) in [5.41, 5.74) is 5.30. The molecule has 0 radical (unpaired) electrons. The van der Waals surface area contributed by atoms with E-state index in [-0.39, 0.29) is 5.91 Å². The van der Waals surface area contributed by atoms with Gasteiger partial charge < -0.3 is 19.0 Å². The van der Waals surface area contributed by atoms with Crippen LogP contribution in [-0.4, -0.2) is 41.7 Å². The molecule has 0 aliphatic carbocycles. The lowest BCUT2D eigenvalue weighted by atomic mass is 10.1.